The average Bonchev–Trinajstić information content (AvgIpc) is 2.90. The van der Waals surface area contributed by atoms with Crippen molar-refractivity contribution in [3.63, 3.8) is 0 Å². The van der Waals surface area contributed by atoms with E-state index >= 15 is 0 Å². The number of nitrogens with zero attached hydrogens (tertiary/aromatic N) is 2. The molecule has 0 bridgehead atoms. The summed E-state index contributed by atoms with van der Waals surface area (Å²) < 4.78 is 29.7. The molecule has 35 heavy (non-hydrogen) atoms. The number of anilines is 1. The first-order chi connectivity index (χ1) is 17.0. The molecule has 1 heterocycles. The lowest BCUT2D eigenvalue weighted by Crippen LogP contribution is -2.47. The minimum absolute atomic E-state index is 0.00996. The molecule has 0 unspecified atom stereocenters. The molecule has 4 rings (SSSR count). The third-order valence-electron chi connectivity index (χ3n) is 6.38. The van der Waals surface area contributed by atoms with Crippen LogP contribution in [0.5, 0.6) is 17.2 Å². The van der Waals surface area contributed by atoms with Crippen molar-refractivity contribution in [3.05, 3.63) is 83.7 Å². The van der Waals surface area contributed by atoms with E-state index in [0.717, 1.165) is 55.2 Å². The number of carbonyl (C=O) groups is 1. The first-order valence-electron chi connectivity index (χ1n) is 11.7. The zero-order chi connectivity index (χ0) is 24.8. The molecule has 0 N–H and O–H groups in total. The summed E-state index contributed by atoms with van der Waals surface area (Å²) in [6.07, 6.45) is 1.62. The molecular formula is C28H31FN2O4. The Kier molecular flexibility index (Phi) is 7.87. The molecule has 1 saturated heterocycles. The van der Waals surface area contributed by atoms with Gasteiger partial charge in [-0.15, -0.1) is 0 Å². The Balaban J connectivity index is 1.52. The third kappa shape index (κ3) is 5.92. The van der Waals surface area contributed by atoms with Gasteiger partial charge >= 0.3 is 0 Å². The van der Waals surface area contributed by atoms with Crippen LogP contribution in [0.4, 0.5) is 10.1 Å². The fourth-order valence-corrected chi connectivity index (χ4v) is 4.54. The molecule has 0 atom stereocenters. The van der Waals surface area contributed by atoms with Crippen molar-refractivity contribution in [1.29, 1.82) is 0 Å². The van der Waals surface area contributed by atoms with Crippen LogP contribution < -0.4 is 19.1 Å². The van der Waals surface area contributed by atoms with Gasteiger partial charge in [0.1, 0.15) is 23.1 Å². The average molecular weight is 479 g/mol. The van der Waals surface area contributed by atoms with E-state index in [2.05, 4.69) is 4.90 Å². The molecule has 3 aromatic rings. The molecule has 1 fully saturated rings. The lowest BCUT2D eigenvalue weighted by atomic mass is 10.00. The molecule has 6 nitrogen and oxygen atoms in total. The Labute approximate surface area is 205 Å². The maximum Gasteiger partial charge on any atom is 0.258 e. The smallest absolute Gasteiger partial charge is 0.258 e. The highest BCUT2D eigenvalue weighted by Gasteiger charge is 2.30. The molecule has 0 aromatic heterocycles. The molecule has 0 saturated carbocycles. The van der Waals surface area contributed by atoms with Gasteiger partial charge in [0, 0.05) is 49.1 Å². The fraction of sp³-hybridized carbons (Fsp3) is 0.321. The number of hydrogen-bond donors (Lipinski definition) is 0. The van der Waals surface area contributed by atoms with E-state index in [0.29, 0.717) is 11.3 Å². The van der Waals surface area contributed by atoms with Crippen LogP contribution in [-0.2, 0) is 6.54 Å². The summed E-state index contributed by atoms with van der Waals surface area (Å²) in [6, 6.07) is 19.2. The number of piperidine rings is 1. The number of hydrogen-bond acceptors (Lipinski definition) is 5. The molecule has 184 valence electrons. The Morgan fingerprint density at radius 1 is 0.886 bits per heavy atom. The predicted molar refractivity (Wildman–Crippen MR) is 134 cm³/mol. The van der Waals surface area contributed by atoms with Gasteiger partial charge in [-0.1, -0.05) is 6.07 Å². The standard InChI is InChI=1S/C28H31FN2O4/c1-33-25-6-4-5-24(17-25)31(28(32)21-7-9-22(29)10-8-21)23-11-13-30(14-12-23)19-20-15-26(34-2)18-27(16-20)35-3/h4-10,15-18,23H,11-14,19H2,1-3H3. The zero-order valence-electron chi connectivity index (χ0n) is 20.4. The van der Waals surface area contributed by atoms with Crippen molar-refractivity contribution in [1.82, 2.24) is 4.90 Å². The summed E-state index contributed by atoms with van der Waals surface area (Å²) in [6.45, 7) is 2.44. The van der Waals surface area contributed by atoms with Crippen LogP contribution in [0.15, 0.2) is 66.7 Å². The molecule has 1 aliphatic heterocycles. The predicted octanol–water partition coefficient (Wildman–Crippen LogP) is 5.16. The normalized spacial score (nSPS) is 14.4. The Bertz CT molecular complexity index is 1120. The number of amides is 1. The zero-order valence-corrected chi connectivity index (χ0v) is 20.4. The Morgan fingerprint density at radius 3 is 2.11 bits per heavy atom. The van der Waals surface area contributed by atoms with E-state index in [4.69, 9.17) is 14.2 Å². The van der Waals surface area contributed by atoms with Crippen LogP contribution in [0.25, 0.3) is 0 Å². The van der Waals surface area contributed by atoms with E-state index < -0.39 is 0 Å². The van der Waals surface area contributed by atoms with Crippen molar-refractivity contribution in [2.24, 2.45) is 0 Å². The first-order valence-corrected chi connectivity index (χ1v) is 11.7. The highest BCUT2D eigenvalue weighted by atomic mass is 19.1. The van der Waals surface area contributed by atoms with Crippen LogP contribution in [0, 0.1) is 5.82 Å². The van der Waals surface area contributed by atoms with E-state index in [1.54, 1.807) is 21.3 Å². The van der Waals surface area contributed by atoms with Gasteiger partial charge in [0.05, 0.1) is 21.3 Å². The number of ether oxygens (including phenoxy) is 3. The monoisotopic (exact) mass is 478 g/mol. The van der Waals surface area contributed by atoms with E-state index in [1.165, 1.54) is 24.3 Å². The minimum Gasteiger partial charge on any atom is -0.497 e. The lowest BCUT2D eigenvalue weighted by Gasteiger charge is -2.39. The quantitative estimate of drug-likeness (QED) is 0.448. The van der Waals surface area contributed by atoms with Gasteiger partial charge in [0.2, 0.25) is 0 Å². The molecule has 1 amide bonds. The molecule has 0 spiro atoms. The summed E-state index contributed by atoms with van der Waals surface area (Å²) in [7, 11) is 4.90. The van der Waals surface area contributed by atoms with Gasteiger partial charge in [0.25, 0.3) is 5.91 Å². The van der Waals surface area contributed by atoms with Crippen molar-refractivity contribution in [2.45, 2.75) is 25.4 Å². The molecule has 1 aliphatic rings. The highest BCUT2D eigenvalue weighted by molar-refractivity contribution is 6.06. The van der Waals surface area contributed by atoms with Crippen molar-refractivity contribution in [2.75, 3.05) is 39.3 Å². The van der Waals surface area contributed by atoms with Gasteiger partial charge in [-0.05, 0) is 66.9 Å². The second-order valence-corrected chi connectivity index (χ2v) is 8.61. The summed E-state index contributed by atoms with van der Waals surface area (Å²) in [5.74, 6) is 1.71. The van der Waals surface area contributed by atoms with Gasteiger partial charge in [-0.25, -0.2) is 4.39 Å². The summed E-state index contributed by atoms with van der Waals surface area (Å²) in [5, 5.41) is 0. The second-order valence-electron chi connectivity index (χ2n) is 8.61. The number of likely N-dealkylation sites (tertiary alicyclic amines) is 1. The molecule has 7 heteroatoms. The van der Waals surface area contributed by atoms with E-state index in [9.17, 15) is 9.18 Å². The number of carbonyl (C=O) groups excluding carboxylic acids is 1. The van der Waals surface area contributed by atoms with Crippen LogP contribution in [-0.4, -0.2) is 51.3 Å². The van der Waals surface area contributed by atoms with E-state index in [-0.39, 0.29) is 17.8 Å². The maximum atomic E-state index is 13.6. The topological polar surface area (TPSA) is 51.2 Å². The van der Waals surface area contributed by atoms with Crippen LogP contribution >= 0.6 is 0 Å². The molecule has 0 radical (unpaired) electrons. The summed E-state index contributed by atoms with van der Waals surface area (Å²) in [5.41, 5.74) is 2.35. The SMILES string of the molecule is COc1cc(CN2CCC(N(C(=O)c3ccc(F)cc3)c3cccc(OC)c3)CC2)cc(OC)c1. The molecular weight excluding hydrogens is 447 g/mol. The summed E-state index contributed by atoms with van der Waals surface area (Å²) in [4.78, 5) is 17.8. The maximum absolute atomic E-state index is 13.6. The largest absolute Gasteiger partial charge is 0.497 e. The van der Waals surface area contributed by atoms with Crippen LogP contribution in [0.2, 0.25) is 0 Å². The van der Waals surface area contributed by atoms with Crippen LogP contribution in [0.1, 0.15) is 28.8 Å². The van der Waals surface area contributed by atoms with Gasteiger partial charge in [0.15, 0.2) is 0 Å². The highest BCUT2D eigenvalue weighted by Crippen LogP contribution is 2.30. The van der Waals surface area contributed by atoms with Crippen molar-refractivity contribution >= 4 is 11.6 Å². The summed E-state index contributed by atoms with van der Waals surface area (Å²) >= 11 is 0. The molecule has 0 aliphatic carbocycles. The molecule has 3 aromatic carbocycles. The minimum atomic E-state index is -0.364. The van der Waals surface area contributed by atoms with Crippen molar-refractivity contribution < 1.29 is 23.4 Å². The number of halogens is 1. The van der Waals surface area contributed by atoms with E-state index in [1.807, 2.05) is 47.4 Å². The lowest BCUT2D eigenvalue weighted by molar-refractivity contribution is 0.0958. The van der Waals surface area contributed by atoms with Gasteiger partial charge in [-0.2, -0.15) is 0 Å². The van der Waals surface area contributed by atoms with Crippen molar-refractivity contribution in [3.8, 4) is 17.2 Å². The van der Waals surface area contributed by atoms with Crippen LogP contribution in [0.3, 0.4) is 0 Å². The number of benzene rings is 3. The Hall–Kier alpha value is -3.58. The number of methoxy groups -OCH3 is 3. The second kappa shape index (κ2) is 11.2. The fourth-order valence-electron chi connectivity index (χ4n) is 4.54. The first kappa shape index (κ1) is 24.5. The third-order valence-corrected chi connectivity index (χ3v) is 6.38. The van der Waals surface area contributed by atoms with Gasteiger partial charge in [-0.3, -0.25) is 9.69 Å². The Morgan fingerprint density at radius 2 is 1.51 bits per heavy atom. The van der Waals surface area contributed by atoms with Gasteiger partial charge < -0.3 is 19.1 Å². The number of rotatable bonds is 8.